The molecule has 3 aromatic heterocycles. The topological polar surface area (TPSA) is 102 Å². The Bertz CT molecular complexity index is 1380. The van der Waals surface area contributed by atoms with Crippen molar-refractivity contribution in [3.8, 4) is 22.6 Å². The summed E-state index contributed by atoms with van der Waals surface area (Å²) in [5.41, 5.74) is -1.78. The average molecular weight is 460 g/mol. The van der Waals surface area contributed by atoms with Crippen LogP contribution < -0.4 is 10.5 Å². The van der Waals surface area contributed by atoms with E-state index < -0.39 is 17.4 Å². The number of nitrogens with zero attached hydrogens (tertiary/aromatic N) is 5. The van der Waals surface area contributed by atoms with Crippen molar-refractivity contribution >= 4 is 11.7 Å². The maximum Gasteiger partial charge on any atom is 0.433 e. The predicted octanol–water partition coefficient (Wildman–Crippen LogP) is 3.29. The fourth-order valence-corrected chi connectivity index (χ4v) is 4.05. The van der Waals surface area contributed by atoms with Gasteiger partial charge in [-0.2, -0.15) is 17.7 Å². The van der Waals surface area contributed by atoms with Crippen molar-refractivity contribution in [1.29, 1.82) is 0 Å². The Balaban J connectivity index is 1.66. The van der Waals surface area contributed by atoms with Crippen molar-refractivity contribution in [2.24, 2.45) is 0 Å². The number of hydrogen-bond donors (Lipinski definition) is 1. The van der Waals surface area contributed by atoms with Crippen LogP contribution in [0.5, 0.6) is 0 Å². The second-order valence-corrected chi connectivity index (χ2v) is 7.74. The van der Waals surface area contributed by atoms with Crippen molar-refractivity contribution in [2.45, 2.75) is 25.6 Å². The standard InChI is InChI=1S/C21H19F3N6O3/c1-11-14(18-26-27-20(33-18)29-9-8-13(10-29)32-2)19(31)30-17(25-11)15(12-6-4-3-5-7-12)16(28-30)21(22,23)24/h3-7,13,28H,8-10H2,1-2H3. The first kappa shape index (κ1) is 21.2. The van der Waals surface area contributed by atoms with Crippen molar-refractivity contribution in [3.63, 3.8) is 0 Å². The predicted molar refractivity (Wildman–Crippen MR) is 112 cm³/mol. The zero-order valence-corrected chi connectivity index (χ0v) is 17.7. The van der Waals surface area contributed by atoms with Gasteiger partial charge in [0.2, 0.25) is 0 Å². The number of methoxy groups -OCH3 is 1. The van der Waals surface area contributed by atoms with Crippen molar-refractivity contribution in [3.05, 3.63) is 52.1 Å². The first-order valence-electron chi connectivity index (χ1n) is 10.2. The maximum atomic E-state index is 13.8. The molecule has 0 bridgehead atoms. The van der Waals surface area contributed by atoms with E-state index in [0.29, 0.717) is 13.1 Å². The van der Waals surface area contributed by atoms with Gasteiger partial charge >= 0.3 is 12.2 Å². The van der Waals surface area contributed by atoms with E-state index in [0.717, 1.165) is 10.9 Å². The monoisotopic (exact) mass is 460 g/mol. The SMILES string of the molecule is COC1CCN(c2nnc(-c3c(C)nc4c(-c5ccccc5)c(C(F)(F)F)[nH]n4c3=O)o2)C1. The number of fused-ring (bicyclic) bond motifs is 1. The number of aryl methyl sites for hydroxylation is 1. The smallest absolute Gasteiger partial charge is 0.403 e. The minimum atomic E-state index is -4.73. The van der Waals surface area contributed by atoms with Gasteiger partial charge in [0.05, 0.1) is 17.4 Å². The Morgan fingerprint density at radius 1 is 1.18 bits per heavy atom. The van der Waals surface area contributed by atoms with Gasteiger partial charge in [-0.3, -0.25) is 9.89 Å². The van der Waals surface area contributed by atoms with E-state index in [1.165, 1.54) is 19.1 Å². The number of rotatable bonds is 4. The molecule has 1 aliphatic rings. The third-order valence-corrected chi connectivity index (χ3v) is 5.68. The van der Waals surface area contributed by atoms with Gasteiger partial charge in [0.25, 0.3) is 11.4 Å². The zero-order valence-electron chi connectivity index (χ0n) is 17.7. The summed E-state index contributed by atoms with van der Waals surface area (Å²) in [4.78, 5) is 19.4. The number of ether oxygens (including phenoxy) is 1. The molecule has 1 fully saturated rings. The molecule has 9 nitrogen and oxygen atoms in total. The molecular formula is C21H19F3N6O3. The highest BCUT2D eigenvalue weighted by molar-refractivity contribution is 5.81. The van der Waals surface area contributed by atoms with Gasteiger partial charge < -0.3 is 14.1 Å². The molecule has 33 heavy (non-hydrogen) atoms. The van der Waals surface area contributed by atoms with Gasteiger partial charge in [0, 0.05) is 20.2 Å². The van der Waals surface area contributed by atoms with Crippen LogP contribution >= 0.6 is 0 Å². The summed E-state index contributed by atoms with van der Waals surface area (Å²) in [6, 6.07) is 8.19. The first-order valence-corrected chi connectivity index (χ1v) is 10.2. The molecule has 1 aliphatic heterocycles. The molecule has 0 amide bonds. The lowest BCUT2D eigenvalue weighted by Crippen LogP contribution is -2.22. The van der Waals surface area contributed by atoms with Crippen LogP contribution in [0.3, 0.4) is 0 Å². The Hall–Kier alpha value is -3.67. The molecule has 1 aromatic carbocycles. The van der Waals surface area contributed by atoms with Crippen LogP contribution in [0.2, 0.25) is 0 Å². The van der Waals surface area contributed by atoms with Gasteiger partial charge in [0.15, 0.2) is 5.65 Å². The molecule has 0 saturated carbocycles. The highest BCUT2D eigenvalue weighted by Crippen LogP contribution is 2.38. The number of benzene rings is 1. The fourth-order valence-electron chi connectivity index (χ4n) is 4.05. The third-order valence-electron chi connectivity index (χ3n) is 5.68. The molecule has 0 radical (unpaired) electrons. The summed E-state index contributed by atoms with van der Waals surface area (Å²) in [6.07, 6.45) is -3.92. The van der Waals surface area contributed by atoms with Crippen LogP contribution in [0.25, 0.3) is 28.2 Å². The molecule has 172 valence electrons. The highest BCUT2D eigenvalue weighted by Gasteiger charge is 2.38. The van der Waals surface area contributed by atoms with Gasteiger partial charge in [-0.15, -0.1) is 5.10 Å². The molecule has 1 N–H and O–H groups in total. The summed E-state index contributed by atoms with van der Waals surface area (Å²) in [5, 5.41) is 10.1. The molecule has 5 rings (SSSR count). The highest BCUT2D eigenvalue weighted by atomic mass is 19.4. The molecular weight excluding hydrogens is 441 g/mol. The molecule has 0 aliphatic carbocycles. The lowest BCUT2D eigenvalue weighted by atomic mass is 10.1. The Morgan fingerprint density at radius 3 is 2.61 bits per heavy atom. The zero-order chi connectivity index (χ0) is 23.3. The Labute approximate surface area is 184 Å². The molecule has 0 spiro atoms. The van der Waals surface area contributed by atoms with Crippen molar-refractivity contribution in [2.75, 3.05) is 25.1 Å². The van der Waals surface area contributed by atoms with Crippen molar-refractivity contribution in [1.82, 2.24) is 24.8 Å². The van der Waals surface area contributed by atoms with E-state index in [9.17, 15) is 18.0 Å². The van der Waals surface area contributed by atoms with Crippen LogP contribution in [0.4, 0.5) is 19.2 Å². The first-order chi connectivity index (χ1) is 15.8. The van der Waals surface area contributed by atoms with Crippen LogP contribution in [0.1, 0.15) is 17.8 Å². The number of nitrogens with one attached hydrogen (secondary N) is 1. The van der Waals surface area contributed by atoms with E-state index >= 15 is 0 Å². The molecule has 4 heterocycles. The van der Waals surface area contributed by atoms with E-state index in [1.54, 1.807) is 25.3 Å². The van der Waals surface area contributed by atoms with E-state index in [1.807, 2.05) is 4.90 Å². The lowest BCUT2D eigenvalue weighted by Gasteiger charge is -2.11. The molecule has 1 atom stereocenters. The number of aromatic amines is 1. The van der Waals surface area contributed by atoms with Crippen LogP contribution in [0, 0.1) is 6.92 Å². The van der Waals surface area contributed by atoms with E-state index in [2.05, 4.69) is 20.3 Å². The summed E-state index contributed by atoms with van der Waals surface area (Å²) in [6.45, 7) is 2.72. The molecule has 12 heteroatoms. The van der Waals surface area contributed by atoms with E-state index in [-0.39, 0.29) is 46.0 Å². The lowest BCUT2D eigenvalue weighted by molar-refractivity contribution is -0.140. The minimum absolute atomic E-state index is 0.0295. The van der Waals surface area contributed by atoms with E-state index in [4.69, 9.17) is 9.15 Å². The maximum absolute atomic E-state index is 13.8. The third kappa shape index (κ3) is 3.55. The number of halogens is 3. The summed E-state index contributed by atoms with van der Waals surface area (Å²) in [7, 11) is 1.62. The summed E-state index contributed by atoms with van der Waals surface area (Å²) in [5.74, 6) is -0.111. The fraction of sp³-hybridized carbons (Fsp3) is 0.333. The number of hydrogen-bond acceptors (Lipinski definition) is 7. The van der Waals surface area contributed by atoms with Crippen LogP contribution in [-0.2, 0) is 10.9 Å². The number of anilines is 1. The minimum Gasteiger partial charge on any atom is -0.403 e. The normalized spacial score (nSPS) is 16.8. The second-order valence-electron chi connectivity index (χ2n) is 7.74. The molecule has 4 aromatic rings. The number of H-pyrrole nitrogens is 1. The van der Waals surface area contributed by atoms with Gasteiger partial charge in [-0.05, 0) is 18.9 Å². The Morgan fingerprint density at radius 2 is 1.94 bits per heavy atom. The summed E-state index contributed by atoms with van der Waals surface area (Å²) < 4.78 is 53.3. The van der Waals surface area contributed by atoms with Gasteiger partial charge in [-0.25, -0.2) is 4.98 Å². The summed E-state index contributed by atoms with van der Waals surface area (Å²) >= 11 is 0. The quantitative estimate of drug-likeness (QED) is 0.499. The average Bonchev–Trinajstić information content (AvgIpc) is 3.52. The van der Waals surface area contributed by atoms with Crippen molar-refractivity contribution < 1.29 is 22.3 Å². The molecule has 1 unspecified atom stereocenters. The van der Waals surface area contributed by atoms with Crippen LogP contribution in [0.15, 0.2) is 39.5 Å². The Kier molecular flexibility index (Phi) is 4.96. The second kappa shape index (κ2) is 7.73. The largest absolute Gasteiger partial charge is 0.433 e. The molecule has 1 saturated heterocycles. The number of aromatic nitrogens is 5. The van der Waals surface area contributed by atoms with Gasteiger partial charge in [0.1, 0.15) is 11.3 Å². The van der Waals surface area contributed by atoms with Gasteiger partial charge in [-0.1, -0.05) is 35.4 Å². The van der Waals surface area contributed by atoms with Crippen LogP contribution in [-0.4, -0.2) is 51.1 Å². The number of alkyl halides is 3.